The fourth-order valence-corrected chi connectivity index (χ4v) is 9.81. The normalized spacial score (nSPS) is 11.7. The zero-order chi connectivity index (χ0) is 42.8. The second kappa shape index (κ2) is 15.0. The highest BCUT2D eigenvalue weighted by Crippen LogP contribution is 2.44. The van der Waals surface area contributed by atoms with Gasteiger partial charge in [0, 0.05) is 50.1 Å². The first kappa shape index (κ1) is 36.9. The Hall–Kier alpha value is -8.73. The largest absolute Gasteiger partial charge is 0.455 e. The minimum absolute atomic E-state index is 0.675. The van der Waals surface area contributed by atoms with Crippen molar-refractivity contribution in [2.75, 3.05) is 0 Å². The Kier molecular flexibility index (Phi) is 8.50. The molecule has 0 aliphatic heterocycles. The van der Waals surface area contributed by atoms with Crippen molar-refractivity contribution in [1.29, 1.82) is 0 Å². The molecule has 4 heteroatoms. The van der Waals surface area contributed by atoms with Gasteiger partial charge in [-0.25, -0.2) is 4.98 Å². The minimum Gasteiger partial charge on any atom is -0.455 e. The number of furan rings is 1. The van der Waals surface area contributed by atoms with E-state index in [1.807, 2.05) is 59.4 Å². The molecule has 0 spiro atoms. The van der Waals surface area contributed by atoms with Crippen LogP contribution in [0.1, 0.15) is 0 Å². The van der Waals surface area contributed by atoms with Gasteiger partial charge in [0.15, 0.2) is 0 Å². The first-order chi connectivity index (χ1) is 32.2. The highest BCUT2D eigenvalue weighted by atomic mass is 16.3. The first-order valence-electron chi connectivity index (χ1n) is 22.1. The van der Waals surface area contributed by atoms with E-state index in [0.717, 1.165) is 83.0 Å². The van der Waals surface area contributed by atoms with Crippen molar-refractivity contribution < 1.29 is 9.10 Å². The molecular formula is C61H38N3O+. The average molecular weight is 829 g/mol. The van der Waals surface area contributed by atoms with Crippen molar-refractivity contribution in [3.05, 3.63) is 231 Å². The van der Waals surface area contributed by atoms with Crippen molar-refractivity contribution >= 4 is 65.0 Å². The van der Waals surface area contributed by atoms with Gasteiger partial charge in [0.1, 0.15) is 16.9 Å². The third kappa shape index (κ3) is 6.18. The number of para-hydroxylation sites is 2. The van der Waals surface area contributed by atoms with Crippen LogP contribution in [-0.4, -0.2) is 10.1 Å². The lowest BCUT2D eigenvalue weighted by molar-refractivity contribution is -0.658. The van der Waals surface area contributed by atoms with Crippen LogP contribution in [-0.2, 0) is 0 Å². The Morgan fingerprint density at radius 3 is 1.49 bits per heavy atom. The van der Waals surface area contributed by atoms with Crippen LogP contribution >= 0.6 is 0 Å². The summed E-state index contributed by atoms with van der Waals surface area (Å²) in [5.41, 5.74) is 12.5. The molecule has 4 nitrogen and oxygen atoms in total. The van der Waals surface area contributed by atoms with Crippen LogP contribution in [0, 0.1) is 0 Å². The van der Waals surface area contributed by atoms with Crippen molar-refractivity contribution in [3.63, 3.8) is 0 Å². The minimum atomic E-state index is 0.675. The summed E-state index contributed by atoms with van der Waals surface area (Å²) in [5, 5.41) is 17.0. The summed E-state index contributed by atoms with van der Waals surface area (Å²) in [5.74, 6) is 0.675. The average Bonchev–Trinajstić information content (AvgIpc) is 3.78. The molecule has 0 atom stereocenters. The molecule has 13 aromatic rings. The van der Waals surface area contributed by atoms with Gasteiger partial charge < -0.3 is 4.42 Å². The molecule has 11 aromatic carbocycles. The van der Waals surface area contributed by atoms with Gasteiger partial charge in [-0.2, -0.15) is 0 Å². The number of nitrogens with zero attached hydrogens (tertiary/aromatic N) is 3. The topological polar surface area (TPSA) is 42.8 Å². The number of hydrogen-bond donors (Lipinski definition) is 0. The van der Waals surface area contributed by atoms with Gasteiger partial charge in [0.25, 0.3) is 0 Å². The number of benzene rings is 11. The summed E-state index contributed by atoms with van der Waals surface area (Å²) >= 11 is 0. The standard InChI is InChI=1S/C61H38N3O/c1-3-14-43(15-4-1)61-62-58(38-64(63-61)45-16-5-2-6-17-45)42-32-28-40(29-33-42)39-26-30-41(31-27-39)55-37-57-54-25-13-24-46(59(54)65-60(57)53-23-12-11-22-51(53)55)44-34-35-52-49-20-8-7-18-47(49)48-19-9-10-21-50(48)56(52)36-44/h1-38H/q+1. The summed E-state index contributed by atoms with van der Waals surface area (Å²) in [6.45, 7) is 0. The van der Waals surface area contributed by atoms with E-state index in [1.54, 1.807) is 0 Å². The second-order valence-corrected chi connectivity index (χ2v) is 16.7. The Morgan fingerprint density at radius 1 is 0.308 bits per heavy atom. The van der Waals surface area contributed by atoms with Gasteiger partial charge >= 0.3 is 0 Å². The highest BCUT2D eigenvalue weighted by Gasteiger charge is 2.20. The molecule has 302 valence electrons. The smallest absolute Gasteiger partial charge is 0.238 e. The SMILES string of the molecule is c1ccc(-c2nc(-c3ccc(-c4ccc(-c5cc6c7cccc(-c8ccc9c%10ccccc%10c%10ccccc%10c9c8)c7oc6c6ccccc56)cc4)cc3)c[n+](-c3ccccc3)n2)cc1. The molecule has 0 saturated carbocycles. The Balaban J connectivity index is 0.871. The van der Waals surface area contributed by atoms with E-state index >= 15 is 0 Å². The maximum Gasteiger partial charge on any atom is 0.238 e. The molecule has 0 radical (unpaired) electrons. The lowest BCUT2D eigenvalue weighted by atomic mass is 9.91. The number of fused-ring (bicyclic) bond motifs is 11. The lowest BCUT2D eigenvalue weighted by Gasteiger charge is -2.12. The quantitative estimate of drug-likeness (QED) is 0.124. The van der Waals surface area contributed by atoms with Gasteiger partial charge in [-0.1, -0.05) is 200 Å². The van der Waals surface area contributed by atoms with E-state index in [2.05, 4.69) is 176 Å². The molecule has 0 fully saturated rings. The molecule has 0 aliphatic rings. The van der Waals surface area contributed by atoms with Gasteiger partial charge in [0.2, 0.25) is 17.7 Å². The highest BCUT2D eigenvalue weighted by molar-refractivity contribution is 6.26. The van der Waals surface area contributed by atoms with Crippen LogP contribution < -0.4 is 4.68 Å². The predicted molar refractivity (Wildman–Crippen MR) is 268 cm³/mol. The van der Waals surface area contributed by atoms with Gasteiger partial charge in [-0.15, -0.1) is 0 Å². The summed E-state index contributed by atoms with van der Waals surface area (Å²) < 4.78 is 8.89. The summed E-state index contributed by atoms with van der Waals surface area (Å²) in [6.07, 6.45) is 2.00. The van der Waals surface area contributed by atoms with Crippen molar-refractivity contribution in [1.82, 2.24) is 10.1 Å². The molecule has 0 N–H and O–H groups in total. The van der Waals surface area contributed by atoms with E-state index < -0.39 is 0 Å². The van der Waals surface area contributed by atoms with Crippen LogP contribution in [0.15, 0.2) is 235 Å². The first-order valence-corrected chi connectivity index (χ1v) is 22.1. The maximum absolute atomic E-state index is 6.98. The third-order valence-corrected chi connectivity index (χ3v) is 13.0. The molecule has 0 bridgehead atoms. The Morgan fingerprint density at radius 2 is 0.815 bits per heavy atom. The lowest BCUT2D eigenvalue weighted by Crippen LogP contribution is -2.36. The van der Waals surface area contributed by atoms with E-state index in [1.165, 1.54) is 37.9 Å². The van der Waals surface area contributed by atoms with Crippen LogP contribution in [0.3, 0.4) is 0 Å². The van der Waals surface area contributed by atoms with Gasteiger partial charge in [-0.05, 0) is 82.3 Å². The summed E-state index contributed by atoms with van der Waals surface area (Å²) in [4.78, 5) is 5.02. The molecule has 0 unspecified atom stereocenters. The molecule has 0 saturated heterocycles. The molecule has 65 heavy (non-hydrogen) atoms. The predicted octanol–water partition coefficient (Wildman–Crippen LogP) is 15.6. The summed E-state index contributed by atoms with van der Waals surface area (Å²) in [6, 6.07) is 79.8. The van der Waals surface area contributed by atoms with Crippen LogP contribution in [0.2, 0.25) is 0 Å². The zero-order valence-corrected chi connectivity index (χ0v) is 35.2. The summed E-state index contributed by atoms with van der Waals surface area (Å²) in [7, 11) is 0. The van der Waals surface area contributed by atoms with Crippen molar-refractivity contribution in [3.8, 4) is 61.7 Å². The van der Waals surface area contributed by atoms with Crippen molar-refractivity contribution in [2.24, 2.45) is 0 Å². The van der Waals surface area contributed by atoms with Crippen LogP contribution in [0.25, 0.3) is 127 Å². The second-order valence-electron chi connectivity index (χ2n) is 16.7. The third-order valence-electron chi connectivity index (χ3n) is 13.0. The van der Waals surface area contributed by atoms with E-state index in [0.29, 0.717) is 5.82 Å². The molecule has 2 heterocycles. The maximum atomic E-state index is 6.98. The fraction of sp³-hybridized carbons (Fsp3) is 0. The van der Waals surface area contributed by atoms with E-state index in [4.69, 9.17) is 14.5 Å². The Bertz CT molecular complexity index is 3880. The molecule has 2 aromatic heterocycles. The van der Waals surface area contributed by atoms with Crippen LogP contribution in [0.4, 0.5) is 0 Å². The molecular weight excluding hydrogens is 791 g/mol. The number of rotatable bonds is 6. The van der Waals surface area contributed by atoms with E-state index in [-0.39, 0.29) is 0 Å². The fourth-order valence-electron chi connectivity index (χ4n) is 9.81. The van der Waals surface area contributed by atoms with Gasteiger partial charge in [-0.3, -0.25) is 0 Å². The molecule has 13 rings (SSSR count). The van der Waals surface area contributed by atoms with Crippen LogP contribution in [0.5, 0.6) is 0 Å². The molecule has 0 amide bonds. The molecule has 0 aliphatic carbocycles. The van der Waals surface area contributed by atoms with Crippen molar-refractivity contribution in [2.45, 2.75) is 0 Å². The van der Waals surface area contributed by atoms with E-state index in [9.17, 15) is 0 Å². The zero-order valence-electron chi connectivity index (χ0n) is 35.2. The van der Waals surface area contributed by atoms with Gasteiger partial charge in [0.05, 0.1) is 0 Å². The monoisotopic (exact) mass is 828 g/mol. The number of hydrogen-bond acceptors (Lipinski definition) is 3. The number of aromatic nitrogens is 3. The Labute approximate surface area is 374 Å².